The van der Waals surface area contributed by atoms with E-state index in [0.717, 1.165) is 23.4 Å². The molecule has 0 bridgehead atoms. The average molecular weight is 330 g/mol. The van der Waals surface area contributed by atoms with E-state index in [0.29, 0.717) is 31.9 Å². The highest BCUT2D eigenvalue weighted by atomic mass is 19.4. The van der Waals surface area contributed by atoms with E-state index in [1.807, 2.05) is 0 Å². The van der Waals surface area contributed by atoms with Crippen LogP contribution < -0.4 is 4.90 Å². The quantitative estimate of drug-likeness (QED) is 0.857. The highest BCUT2D eigenvalue weighted by molar-refractivity contribution is 5.85. The van der Waals surface area contributed by atoms with E-state index in [1.165, 1.54) is 0 Å². The summed E-state index contributed by atoms with van der Waals surface area (Å²) in [5.74, 6) is 0.0246. The molecule has 23 heavy (non-hydrogen) atoms. The Labute approximate surface area is 131 Å². The van der Waals surface area contributed by atoms with Gasteiger partial charge in [0.1, 0.15) is 6.29 Å². The minimum absolute atomic E-state index is 0.000230. The number of hydrogen-bond acceptors (Lipinski definition) is 3. The van der Waals surface area contributed by atoms with Gasteiger partial charge in [0.05, 0.1) is 17.4 Å². The molecule has 1 aromatic rings. The first-order valence-corrected chi connectivity index (χ1v) is 7.29. The van der Waals surface area contributed by atoms with E-state index in [4.69, 9.17) is 0 Å². The SMILES string of the molecule is O=CC1CCC(CN(C(=O)O)c2cncc(C(F)(F)F)c2)CC1. The Morgan fingerprint density at radius 2 is 1.96 bits per heavy atom. The maximum absolute atomic E-state index is 12.7. The van der Waals surface area contributed by atoms with Crippen LogP contribution in [0.2, 0.25) is 0 Å². The molecule has 5 nitrogen and oxygen atoms in total. The van der Waals surface area contributed by atoms with Crippen LogP contribution in [0, 0.1) is 11.8 Å². The molecule has 126 valence electrons. The summed E-state index contributed by atoms with van der Waals surface area (Å²) in [5, 5.41) is 9.31. The number of carbonyl (C=O) groups is 2. The fourth-order valence-corrected chi connectivity index (χ4v) is 2.79. The van der Waals surface area contributed by atoms with Crippen molar-refractivity contribution in [2.75, 3.05) is 11.4 Å². The van der Waals surface area contributed by atoms with E-state index in [1.54, 1.807) is 0 Å². The van der Waals surface area contributed by atoms with Crippen LogP contribution in [-0.4, -0.2) is 29.0 Å². The lowest BCUT2D eigenvalue weighted by Gasteiger charge is -2.30. The van der Waals surface area contributed by atoms with E-state index >= 15 is 0 Å². The number of hydrogen-bond donors (Lipinski definition) is 1. The number of rotatable bonds is 4. The third kappa shape index (κ3) is 4.43. The van der Waals surface area contributed by atoms with Crippen molar-refractivity contribution >= 4 is 18.1 Å². The topological polar surface area (TPSA) is 70.5 Å². The number of halogens is 3. The molecule has 1 saturated carbocycles. The molecule has 0 spiro atoms. The number of carboxylic acid groups (broad SMARTS) is 1. The number of pyridine rings is 1. The summed E-state index contributed by atoms with van der Waals surface area (Å²) in [4.78, 5) is 26.5. The predicted molar refractivity (Wildman–Crippen MR) is 76.1 cm³/mol. The van der Waals surface area contributed by atoms with Gasteiger partial charge in [-0.2, -0.15) is 13.2 Å². The van der Waals surface area contributed by atoms with Crippen molar-refractivity contribution in [2.45, 2.75) is 31.9 Å². The summed E-state index contributed by atoms with van der Waals surface area (Å²) in [6.45, 7) is 0.101. The molecule has 1 aliphatic carbocycles. The lowest BCUT2D eigenvalue weighted by Crippen LogP contribution is -2.36. The van der Waals surface area contributed by atoms with Gasteiger partial charge in [0.25, 0.3) is 0 Å². The van der Waals surface area contributed by atoms with Gasteiger partial charge in [-0.15, -0.1) is 0 Å². The third-order valence-electron chi connectivity index (χ3n) is 4.12. The molecule has 1 aromatic heterocycles. The minimum Gasteiger partial charge on any atom is -0.465 e. The second-order valence-electron chi connectivity index (χ2n) is 5.74. The normalized spacial score (nSPS) is 21.7. The maximum Gasteiger partial charge on any atom is 0.417 e. The number of amides is 1. The zero-order valence-electron chi connectivity index (χ0n) is 12.3. The lowest BCUT2D eigenvalue weighted by molar-refractivity contribution is -0.137. The molecule has 1 heterocycles. The Bertz CT molecular complexity index is 569. The molecule has 1 N–H and O–H groups in total. The van der Waals surface area contributed by atoms with Crippen molar-refractivity contribution in [1.29, 1.82) is 0 Å². The van der Waals surface area contributed by atoms with Crippen molar-refractivity contribution in [1.82, 2.24) is 4.98 Å². The highest BCUT2D eigenvalue weighted by Gasteiger charge is 2.32. The Balaban J connectivity index is 2.13. The van der Waals surface area contributed by atoms with Gasteiger partial charge >= 0.3 is 12.3 Å². The molecular formula is C15H17F3N2O3. The molecule has 0 aliphatic heterocycles. The summed E-state index contributed by atoms with van der Waals surface area (Å²) in [6, 6.07) is 0.790. The van der Waals surface area contributed by atoms with E-state index in [2.05, 4.69) is 4.98 Å². The average Bonchev–Trinajstić information content (AvgIpc) is 2.52. The number of alkyl halides is 3. The summed E-state index contributed by atoms with van der Waals surface area (Å²) in [5.41, 5.74) is -1.07. The fourth-order valence-electron chi connectivity index (χ4n) is 2.79. The molecule has 0 atom stereocenters. The lowest BCUT2D eigenvalue weighted by atomic mass is 9.82. The van der Waals surface area contributed by atoms with Gasteiger partial charge in [0, 0.05) is 18.7 Å². The van der Waals surface area contributed by atoms with E-state index in [9.17, 15) is 27.9 Å². The summed E-state index contributed by atoms with van der Waals surface area (Å²) < 4.78 is 38.2. The van der Waals surface area contributed by atoms with Crippen molar-refractivity contribution in [3.8, 4) is 0 Å². The molecule has 8 heteroatoms. The van der Waals surface area contributed by atoms with Crippen LogP contribution in [0.3, 0.4) is 0 Å². The summed E-state index contributed by atoms with van der Waals surface area (Å²) in [7, 11) is 0. The smallest absolute Gasteiger partial charge is 0.417 e. The Hall–Kier alpha value is -2.12. The van der Waals surface area contributed by atoms with Gasteiger partial charge in [-0.3, -0.25) is 9.88 Å². The van der Waals surface area contributed by atoms with Crippen LogP contribution in [0.15, 0.2) is 18.5 Å². The zero-order valence-corrected chi connectivity index (χ0v) is 12.3. The fraction of sp³-hybridized carbons (Fsp3) is 0.533. The molecule has 2 rings (SSSR count). The van der Waals surface area contributed by atoms with Crippen molar-refractivity contribution in [3.63, 3.8) is 0 Å². The molecule has 0 radical (unpaired) electrons. The Kier molecular flexibility index (Phi) is 5.23. The van der Waals surface area contributed by atoms with Gasteiger partial charge in [-0.25, -0.2) is 4.79 Å². The minimum atomic E-state index is -4.57. The molecule has 1 amide bonds. The maximum atomic E-state index is 12.7. The monoisotopic (exact) mass is 330 g/mol. The first-order valence-electron chi connectivity index (χ1n) is 7.29. The first-order chi connectivity index (χ1) is 10.8. The number of nitrogens with zero attached hydrogens (tertiary/aromatic N) is 2. The van der Waals surface area contributed by atoms with Crippen LogP contribution in [0.4, 0.5) is 23.7 Å². The number of aromatic nitrogens is 1. The van der Waals surface area contributed by atoms with Crippen LogP contribution >= 0.6 is 0 Å². The third-order valence-corrected chi connectivity index (χ3v) is 4.12. The van der Waals surface area contributed by atoms with Gasteiger partial charge in [0.15, 0.2) is 0 Å². The van der Waals surface area contributed by atoms with Crippen LogP contribution in [0.25, 0.3) is 0 Å². The van der Waals surface area contributed by atoms with Gasteiger partial charge < -0.3 is 9.90 Å². The van der Waals surface area contributed by atoms with Gasteiger partial charge in [0.2, 0.25) is 0 Å². The standard InChI is InChI=1S/C15H17F3N2O3/c16-15(17,18)12-5-13(7-19-6-12)20(14(22)23)8-10-1-3-11(9-21)4-2-10/h5-7,9-11H,1-4,8H2,(H,22,23). The molecule has 0 saturated heterocycles. The second-order valence-corrected chi connectivity index (χ2v) is 5.74. The zero-order chi connectivity index (χ0) is 17.0. The van der Waals surface area contributed by atoms with Gasteiger partial charge in [-0.1, -0.05) is 0 Å². The largest absolute Gasteiger partial charge is 0.465 e. The predicted octanol–water partition coefficient (Wildman–Crippen LogP) is 3.59. The molecule has 1 aliphatic rings. The number of anilines is 1. The van der Waals surface area contributed by atoms with E-state index < -0.39 is 17.8 Å². The number of aldehydes is 1. The van der Waals surface area contributed by atoms with E-state index in [-0.39, 0.29) is 24.1 Å². The van der Waals surface area contributed by atoms with Gasteiger partial charge in [-0.05, 0) is 37.7 Å². The Morgan fingerprint density at radius 1 is 1.30 bits per heavy atom. The highest BCUT2D eigenvalue weighted by Crippen LogP contribution is 2.33. The van der Waals surface area contributed by atoms with Crippen LogP contribution in [-0.2, 0) is 11.0 Å². The second kappa shape index (κ2) is 6.97. The molecule has 1 fully saturated rings. The summed E-state index contributed by atoms with van der Waals surface area (Å²) >= 11 is 0. The molecular weight excluding hydrogens is 313 g/mol. The van der Waals surface area contributed by atoms with Crippen LogP contribution in [0.1, 0.15) is 31.2 Å². The van der Waals surface area contributed by atoms with Crippen molar-refractivity contribution in [2.24, 2.45) is 11.8 Å². The number of carbonyl (C=O) groups excluding carboxylic acids is 1. The van der Waals surface area contributed by atoms with Crippen molar-refractivity contribution < 1.29 is 27.9 Å². The molecule has 0 aromatic carbocycles. The molecule has 0 unspecified atom stereocenters. The Morgan fingerprint density at radius 3 is 2.48 bits per heavy atom. The summed E-state index contributed by atoms with van der Waals surface area (Å²) in [6.07, 6.45) is -0.482. The van der Waals surface area contributed by atoms with Crippen LogP contribution in [0.5, 0.6) is 0 Å². The van der Waals surface area contributed by atoms with Crippen molar-refractivity contribution in [3.05, 3.63) is 24.0 Å². The first kappa shape index (κ1) is 17.2.